The first-order valence-corrected chi connectivity index (χ1v) is 8.09. The molecule has 1 heterocycles. The molecule has 2 N–H and O–H groups in total. The van der Waals surface area contributed by atoms with E-state index in [1.54, 1.807) is 12.1 Å². The molecule has 3 rings (SSSR count). The van der Waals surface area contributed by atoms with E-state index in [0.717, 1.165) is 30.4 Å². The second-order valence-electron chi connectivity index (χ2n) is 5.65. The zero-order valence-electron chi connectivity index (χ0n) is 11.6. The number of aliphatic hydroxyl groups excluding tert-OH is 1. The summed E-state index contributed by atoms with van der Waals surface area (Å²) < 4.78 is 14.4. The summed E-state index contributed by atoms with van der Waals surface area (Å²) in [5.41, 5.74) is 0. The van der Waals surface area contributed by atoms with Gasteiger partial charge in [-0.1, -0.05) is 6.07 Å². The summed E-state index contributed by atoms with van der Waals surface area (Å²) >= 11 is 1.31. The molecule has 1 aromatic heterocycles. The van der Waals surface area contributed by atoms with Gasteiger partial charge in [0.15, 0.2) is 0 Å². The maximum Gasteiger partial charge on any atom is 0.261 e. The van der Waals surface area contributed by atoms with E-state index in [1.807, 2.05) is 6.07 Å². The molecule has 1 fully saturated rings. The van der Waals surface area contributed by atoms with Crippen LogP contribution in [0.3, 0.4) is 0 Å². The Morgan fingerprint density at radius 3 is 2.81 bits per heavy atom. The average molecular weight is 307 g/mol. The lowest BCUT2D eigenvalue weighted by Gasteiger charge is -2.25. The number of thiophene rings is 1. The molecule has 5 heteroatoms. The third-order valence-electron chi connectivity index (χ3n) is 4.10. The molecule has 1 amide bonds. The Balaban J connectivity index is 1.63. The average Bonchev–Trinajstić information content (AvgIpc) is 2.92. The van der Waals surface area contributed by atoms with Gasteiger partial charge in [0.1, 0.15) is 5.82 Å². The molecule has 0 unspecified atom stereocenters. The maximum atomic E-state index is 13.6. The molecule has 0 radical (unpaired) electrons. The SMILES string of the molecule is O=C(NCC1CCC(O)CC1)c1cc2c(F)cccc2s1. The third kappa shape index (κ3) is 3.24. The molecule has 1 aromatic carbocycles. The van der Waals surface area contributed by atoms with E-state index in [1.165, 1.54) is 17.4 Å². The lowest BCUT2D eigenvalue weighted by atomic mass is 9.87. The van der Waals surface area contributed by atoms with Crippen LogP contribution in [-0.4, -0.2) is 23.7 Å². The fourth-order valence-electron chi connectivity index (χ4n) is 2.81. The zero-order valence-corrected chi connectivity index (χ0v) is 12.5. The molecule has 1 aliphatic carbocycles. The van der Waals surface area contributed by atoms with Gasteiger partial charge in [-0.15, -0.1) is 11.3 Å². The number of carbonyl (C=O) groups is 1. The van der Waals surface area contributed by atoms with Crippen molar-refractivity contribution < 1.29 is 14.3 Å². The van der Waals surface area contributed by atoms with E-state index in [2.05, 4.69) is 5.32 Å². The number of amides is 1. The van der Waals surface area contributed by atoms with Crippen LogP contribution in [0.2, 0.25) is 0 Å². The van der Waals surface area contributed by atoms with Crippen LogP contribution in [0, 0.1) is 11.7 Å². The van der Waals surface area contributed by atoms with Crippen LogP contribution in [0.1, 0.15) is 35.4 Å². The van der Waals surface area contributed by atoms with E-state index < -0.39 is 0 Å². The van der Waals surface area contributed by atoms with Gasteiger partial charge in [-0.25, -0.2) is 4.39 Å². The topological polar surface area (TPSA) is 49.3 Å². The zero-order chi connectivity index (χ0) is 14.8. The number of benzene rings is 1. The monoisotopic (exact) mass is 307 g/mol. The maximum absolute atomic E-state index is 13.6. The van der Waals surface area contributed by atoms with E-state index in [4.69, 9.17) is 0 Å². The number of hydrogen-bond donors (Lipinski definition) is 2. The van der Waals surface area contributed by atoms with Crippen LogP contribution >= 0.6 is 11.3 Å². The Labute approximate surface area is 126 Å². The Bertz CT molecular complexity index is 647. The molecule has 0 spiro atoms. The molecule has 0 saturated heterocycles. The highest BCUT2D eigenvalue weighted by Crippen LogP contribution is 2.28. The molecule has 0 aliphatic heterocycles. The third-order valence-corrected chi connectivity index (χ3v) is 5.20. The molecular weight excluding hydrogens is 289 g/mol. The molecule has 3 nitrogen and oxygen atoms in total. The van der Waals surface area contributed by atoms with Crippen LogP contribution in [0.15, 0.2) is 24.3 Å². The molecular formula is C16H18FNO2S. The highest BCUT2D eigenvalue weighted by atomic mass is 32.1. The van der Waals surface area contributed by atoms with Crippen molar-refractivity contribution in [2.75, 3.05) is 6.54 Å². The molecule has 2 aromatic rings. The Morgan fingerprint density at radius 2 is 2.10 bits per heavy atom. The number of carbonyl (C=O) groups excluding carboxylic acids is 1. The number of nitrogens with one attached hydrogen (secondary N) is 1. The number of hydrogen-bond acceptors (Lipinski definition) is 3. The molecule has 112 valence electrons. The van der Waals surface area contributed by atoms with Gasteiger partial charge in [-0.2, -0.15) is 0 Å². The molecule has 21 heavy (non-hydrogen) atoms. The lowest BCUT2D eigenvalue weighted by molar-refractivity contribution is 0.0914. The van der Waals surface area contributed by atoms with Crippen molar-refractivity contribution in [1.82, 2.24) is 5.32 Å². The predicted molar refractivity (Wildman–Crippen MR) is 82.1 cm³/mol. The van der Waals surface area contributed by atoms with E-state index >= 15 is 0 Å². The summed E-state index contributed by atoms with van der Waals surface area (Å²) in [5.74, 6) is 0.00857. The van der Waals surface area contributed by atoms with Crippen molar-refractivity contribution in [3.8, 4) is 0 Å². The first kappa shape index (κ1) is 14.5. The predicted octanol–water partition coefficient (Wildman–Crippen LogP) is 3.32. The van der Waals surface area contributed by atoms with Gasteiger partial charge in [0.25, 0.3) is 5.91 Å². The van der Waals surface area contributed by atoms with Crippen LogP contribution in [0.25, 0.3) is 10.1 Å². The summed E-state index contributed by atoms with van der Waals surface area (Å²) in [4.78, 5) is 12.7. The lowest BCUT2D eigenvalue weighted by Crippen LogP contribution is -2.31. The largest absolute Gasteiger partial charge is 0.393 e. The molecule has 1 saturated carbocycles. The number of fused-ring (bicyclic) bond motifs is 1. The summed E-state index contributed by atoms with van der Waals surface area (Å²) in [6.07, 6.45) is 3.34. The van der Waals surface area contributed by atoms with Crippen molar-refractivity contribution in [3.63, 3.8) is 0 Å². The standard InChI is InChI=1S/C16H18FNO2S/c17-13-2-1-3-14-12(13)8-15(21-14)16(20)18-9-10-4-6-11(19)7-5-10/h1-3,8,10-11,19H,4-7,9H2,(H,18,20). The van der Waals surface area contributed by atoms with Gasteiger partial charge in [0.2, 0.25) is 0 Å². The van der Waals surface area contributed by atoms with Crippen molar-refractivity contribution >= 4 is 27.3 Å². The van der Waals surface area contributed by atoms with Gasteiger partial charge < -0.3 is 10.4 Å². The number of rotatable bonds is 3. The summed E-state index contributed by atoms with van der Waals surface area (Å²) in [6.45, 7) is 0.627. The van der Waals surface area contributed by atoms with E-state index in [0.29, 0.717) is 22.7 Å². The van der Waals surface area contributed by atoms with Gasteiger partial charge in [-0.05, 0) is 49.8 Å². The Kier molecular flexibility index (Phi) is 4.22. The fraction of sp³-hybridized carbons (Fsp3) is 0.438. The van der Waals surface area contributed by atoms with Crippen LogP contribution in [-0.2, 0) is 0 Å². The van der Waals surface area contributed by atoms with Gasteiger partial charge >= 0.3 is 0 Å². The molecule has 0 bridgehead atoms. The van der Waals surface area contributed by atoms with Crippen molar-refractivity contribution in [2.45, 2.75) is 31.8 Å². The minimum atomic E-state index is -0.288. The summed E-state index contributed by atoms with van der Waals surface area (Å²) in [6, 6.07) is 6.50. The summed E-state index contributed by atoms with van der Waals surface area (Å²) in [5, 5.41) is 12.9. The smallest absolute Gasteiger partial charge is 0.261 e. The Morgan fingerprint density at radius 1 is 1.33 bits per heavy atom. The van der Waals surface area contributed by atoms with Crippen LogP contribution in [0.4, 0.5) is 4.39 Å². The quantitative estimate of drug-likeness (QED) is 0.914. The fourth-order valence-corrected chi connectivity index (χ4v) is 3.80. The number of aliphatic hydroxyl groups is 1. The van der Waals surface area contributed by atoms with Gasteiger partial charge in [0.05, 0.1) is 11.0 Å². The highest BCUT2D eigenvalue weighted by Gasteiger charge is 2.20. The minimum absolute atomic E-state index is 0.137. The molecule has 0 atom stereocenters. The van der Waals surface area contributed by atoms with Crippen molar-refractivity contribution in [3.05, 3.63) is 35.0 Å². The van der Waals surface area contributed by atoms with Crippen molar-refractivity contribution in [2.24, 2.45) is 5.92 Å². The number of halogens is 1. The highest BCUT2D eigenvalue weighted by molar-refractivity contribution is 7.20. The van der Waals surface area contributed by atoms with Crippen LogP contribution in [0.5, 0.6) is 0 Å². The van der Waals surface area contributed by atoms with Gasteiger partial charge in [-0.3, -0.25) is 4.79 Å². The first-order chi connectivity index (χ1) is 10.1. The second kappa shape index (κ2) is 6.12. The van der Waals surface area contributed by atoms with Crippen LogP contribution < -0.4 is 5.32 Å². The van der Waals surface area contributed by atoms with Crippen molar-refractivity contribution in [1.29, 1.82) is 0 Å². The van der Waals surface area contributed by atoms with E-state index in [9.17, 15) is 14.3 Å². The first-order valence-electron chi connectivity index (χ1n) is 7.28. The normalized spacial score (nSPS) is 22.4. The van der Waals surface area contributed by atoms with Gasteiger partial charge in [0, 0.05) is 16.6 Å². The summed E-state index contributed by atoms with van der Waals surface area (Å²) in [7, 11) is 0. The van der Waals surface area contributed by atoms with E-state index in [-0.39, 0.29) is 17.8 Å². The minimum Gasteiger partial charge on any atom is -0.393 e. The Hall–Kier alpha value is -1.46. The second-order valence-corrected chi connectivity index (χ2v) is 6.73. The molecule has 1 aliphatic rings.